The molecule has 1 aromatic rings. The smallest absolute Gasteiger partial charge is 0.328 e. The molecular formula is C11H10N2O4. The molecule has 0 aliphatic rings. The molecule has 1 aromatic carbocycles. The van der Waals surface area contributed by atoms with E-state index >= 15 is 0 Å². The second-order valence-corrected chi connectivity index (χ2v) is 3.07. The van der Waals surface area contributed by atoms with Crippen LogP contribution in [0.5, 0.6) is 11.5 Å². The molecule has 88 valence electrons. The second kappa shape index (κ2) is 5.58. The van der Waals surface area contributed by atoms with Crippen LogP contribution in [-0.4, -0.2) is 29.9 Å². The number of Topliss-reactive ketones (excluding diaryl/α,β-unsaturated/α-hetero) is 1. The molecule has 0 aliphatic carbocycles. The largest absolute Gasteiger partial charge is 0.493 e. The molecule has 0 N–H and O–H groups in total. The summed E-state index contributed by atoms with van der Waals surface area (Å²) in [5.74, 6) is -0.567. The van der Waals surface area contributed by atoms with Crippen molar-refractivity contribution in [2.24, 2.45) is 0 Å². The van der Waals surface area contributed by atoms with Gasteiger partial charge in [-0.1, -0.05) is 0 Å². The predicted octanol–water partition coefficient (Wildman–Crippen LogP) is 1.10. The molecule has 0 heterocycles. The molecule has 0 fully saturated rings. The number of esters is 1. The molecule has 0 spiro atoms. The van der Waals surface area contributed by atoms with Crippen molar-refractivity contribution in [3.63, 3.8) is 0 Å². The first kappa shape index (κ1) is 12.6. The lowest BCUT2D eigenvalue weighted by atomic mass is 10.1. The van der Waals surface area contributed by atoms with Gasteiger partial charge in [0.2, 0.25) is 0 Å². The molecule has 0 unspecified atom stereocenters. The van der Waals surface area contributed by atoms with Crippen LogP contribution >= 0.6 is 0 Å². The number of rotatable bonds is 4. The average Bonchev–Trinajstić information content (AvgIpc) is 2.28. The van der Waals surface area contributed by atoms with Crippen LogP contribution in [-0.2, 0) is 4.79 Å². The van der Waals surface area contributed by atoms with E-state index in [4.69, 9.17) is 15.0 Å². The van der Waals surface area contributed by atoms with Crippen LogP contribution in [0.2, 0.25) is 0 Å². The lowest BCUT2D eigenvalue weighted by molar-refractivity contribution is -0.132. The van der Waals surface area contributed by atoms with E-state index in [2.05, 4.69) is 4.79 Å². The van der Waals surface area contributed by atoms with Crippen LogP contribution < -0.4 is 9.47 Å². The first-order valence-electron chi connectivity index (χ1n) is 4.66. The normalized spacial score (nSPS) is 9.06. The van der Waals surface area contributed by atoms with Gasteiger partial charge in [-0.3, -0.25) is 9.59 Å². The average molecular weight is 234 g/mol. The summed E-state index contributed by atoms with van der Waals surface area (Å²) in [5, 5.41) is 0. The summed E-state index contributed by atoms with van der Waals surface area (Å²) in [4.78, 5) is 24.9. The minimum absolute atomic E-state index is 0.136. The molecule has 0 saturated heterocycles. The van der Waals surface area contributed by atoms with Gasteiger partial charge in [0.25, 0.3) is 5.78 Å². The maximum Gasteiger partial charge on any atom is 0.328 e. The van der Waals surface area contributed by atoms with Crippen LogP contribution in [0.4, 0.5) is 0 Å². The fourth-order valence-corrected chi connectivity index (χ4v) is 1.19. The highest BCUT2D eigenvalue weighted by Crippen LogP contribution is 2.28. The highest BCUT2D eigenvalue weighted by Gasteiger charge is 2.13. The Labute approximate surface area is 97.4 Å². The number of hydrogen-bond donors (Lipinski definition) is 0. The van der Waals surface area contributed by atoms with E-state index in [1.54, 1.807) is 0 Å². The molecular weight excluding hydrogens is 224 g/mol. The van der Waals surface area contributed by atoms with Gasteiger partial charge < -0.3 is 15.0 Å². The Kier molecular flexibility index (Phi) is 4.14. The van der Waals surface area contributed by atoms with Crippen LogP contribution in [0.3, 0.4) is 0 Å². The maximum atomic E-state index is 11.4. The third kappa shape index (κ3) is 3.25. The van der Waals surface area contributed by atoms with Gasteiger partial charge in [0.05, 0.1) is 7.11 Å². The fraction of sp³-hybridized carbons (Fsp3) is 0.182. The van der Waals surface area contributed by atoms with Gasteiger partial charge in [-0.25, -0.2) is 0 Å². The van der Waals surface area contributed by atoms with Gasteiger partial charge in [0.15, 0.2) is 11.5 Å². The molecule has 6 nitrogen and oxygen atoms in total. The number of benzene rings is 1. The molecule has 0 aromatic heterocycles. The minimum atomic E-state index is -0.524. The van der Waals surface area contributed by atoms with Gasteiger partial charge >= 0.3 is 12.2 Å². The van der Waals surface area contributed by atoms with Crippen molar-refractivity contribution in [1.82, 2.24) is 0 Å². The number of methoxy groups -OCH3 is 1. The predicted molar refractivity (Wildman–Crippen MR) is 58.3 cm³/mol. The topological polar surface area (TPSA) is 89.0 Å². The Morgan fingerprint density at radius 3 is 2.59 bits per heavy atom. The Morgan fingerprint density at radius 1 is 1.35 bits per heavy atom. The lowest BCUT2D eigenvalue weighted by Gasteiger charge is -2.08. The molecule has 6 heteroatoms. The standard InChI is InChI=1S/C11H10N2O4/c1-7(14)17-11-5-8(9(15)6-13-12)3-4-10(11)16-2/h3-6H,1-2H3. The maximum absolute atomic E-state index is 11.4. The molecule has 0 bridgehead atoms. The summed E-state index contributed by atoms with van der Waals surface area (Å²) < 4.78 is 9.85. The van der Waals surface area contributed by atoms with E-state index in [1.165, 1.54) is 32.2 Å². The SMILES string of the molecule is COc1ccc(C(=O)C=[N+]=[N-])cc1OC(C)=O. The highest BCUT2D eigenvalue weighted by molar-refractivity contribution is 6.33. The summed E-state index contributed by atoms with van der Waals surface area (Å²) >= 11 is 0. The van der Waals surface area contributed by atoms with Gasteiger partial charge in [-0.2, -0.15) is 4.79 Å². The van der Waals surface area contributed by atoms with Crippen molar-refractivity contribution in [1.29, 1.82) is 0 Å². The third-order valence-corrected chi connectivity index (χ3v) is 1.88. The van der Waals surface area contributed by atoms with Gasteiger partial charge in [0, 0.05) is 12.5 Å². The summed E-state index contributed by atoms with van der Waals surface area (Å²) in [6.07, 6.45) is 0.749. The number of hydrogen-bond acceptors (Lipinski definition) is 4. The quantitative estimate of drug-likeness (QED) is 0.195. The summed E-state index contributed by atoms with van der Waals surface area (Å²) in [6.45, 7) is 1.24. The molecule has 0 saturated carbocycles. The van der Waals surface area contributed by atoms with Crippen molar-refractivity contribution in [3.8, 4) is 11.5 Å². The van der Waals surface area contributed by atoms with Crippen LogP contribution in [0.15, 0.2) is 18.2 Å². The highest BCUT2D eigenvalue weighted by atomic mass is 16.6. The Hall–Kier alpha value is -2.46. The van der Waals surface area contributed by atoms with Crippen molar-refractivity contribution in [2.45, 2.75) is 6.92 Å². The Morgan fingerprint density at radius 2 is 2.06 bits per heavy atom. The zero-order chi connectivity index (χ0) is 12.8. The van der Waals surface area contributed by atoms with Crippen molar-refractivity contribution >= 4 is 18.0 Å². The number of ketones is 1. The van der Waals surface area contributed by atoms with Gasteiger partial charge in [0.1, 0.15) is 0 Å². The molecule has 0 atom stereocenters. The fourth-order valence-electron chi connectivity index (χ4n) is 1.19. The Balaban J connectivity index is 3.16. The van der Waals surface area contributed by atoms with E-state index in [-0.39, 0.29) is 11.3 Å². The van der Waals surface area contributed by atoms with E-state index in [1.807, 2.05) is 0 Å². The van der Waals surface area contributed by atoms with Crippen LogP contribution in [0.1, 0.15) is 17.3 Å². The number of nitrogens with zero attached hydrogens (tertiary/aromatic N) is 2. The van der Waals surface area contributed by atoms with Crippen molar-refractivity contribution in [3.05, 3.63) is 29.3 Å². The Bertz CT molecular complexity index is 504. The number of ether oxygens (including phenoxy) is 2. The molecule has 1 rings (SSSR count). The second-order valence-electron chi connectivity index (χ2n) is 3.07. The number of carbonyl (C=O) groups is 2. The van der Waals surface area contributed by atoms with E-state index in [9.17, 15) is 9.59 Å². The molecule has 0 aliphatic heterocycles. The van der Waals surface area contributed by atoms with E-state index < -0.39 is 11.8 Å². The van der Waals surface area contributed by atoms with E-state index in [0.717, 1.165) is 6.21 Å². The first-order valence-corrected chi connectivity index (χ1v) is 4.66. The zero-order valence-corrected chi connectivity index (χ0v) is 9.34. The summed E-state index contributed by atoms with van der Waals surface area (Å²) in [7, 11) is 1.42. The molecule has 0 radical (unpaired) electrons. The monoisotopic (exact) mass is 234 g/mol. The molecule has 0 amide bonds. The third-order valence-electron chi connectivity index (χ3n) is 1.88. The van der Waals surface area contributed by atoms with Crippen molar-refractivity contribution < 1.29 is 23.9 Å². The summed E-state index contributed by atoms with van der Waals surface area (Å²) in [5.41, 5.74) is 8.47. The van der Waals surface area contributed by atoms with E-state index in [0.29, 0.717) is 5.75 Å². The van der Waals surface area contributed by atoms with Crippen molar-refractivity contribution in [2.75, 3.05) is 7.11 Å². The zero-order valence-electron chi connectivity index (χ0n) is 9.34. The number of carbonyl (C=O) groups excluding carboxylic acids is 2. The lowest BCUT2D eigenvalue weighted by Crippen LogP contribution is -2.06. The summed E-state index contributed by atoms with van der Waals surface area (Å²) in [6, 6.07) is 4.29. The van der Waals surface area contributed by atoms with Gasteiger partial charge in [-0.15, -0.1) is 0 Å². The first-order chi connectivity index (χ1) is 8.08. The van der Waals surface area contributed by atoms with Crippen LogP contribution in [0, 0.1) is 0 Å². The van der Waals surface area contributed by atoms with Crippen LogP contribution in [0.25, 0.3) is 5.53 Å². The molecule has 17 heavy (non-hydrogen) atoms. The minimum Gasteiger partial charge on any atom is -0.493 e. The van der Waals surface area contributed by atoms with Gasteiger partial charge in [-0.05, 0) is 18.2 Å².